The molecule has 1 saturated heterocycles. The van der Waals surface area contributed by atoms with E-state index in [-0.39, 0.29) is 11.8 Å². The molecule has 0 radical (unpaired) electrons. The topological polar surface area (TPSA) is 58.6 Å². The van der Waals surface area contributed by atoms with E-state index in [4.69, 9.17) is 4.74 Å². The first-order valence-corrected chi connectivity index (χ1v) is 6.51. The van der Waals surface area contributed by atoms with Crippen LogP contribution in [0.4, 0.5) is 5.69 Å². The lowest BCUT2D eigenvalue weighted by Crippen LogP contribution is -2.48. The molecule has 3 rings (SSSR count). The fourth-order valence-corrected chi connectivity index (χ4v) is 2.56. The van der Waals surface area contributed by atoms with Crippen LogP contribution in [0.3, 0.4) is 0 Å². The summed E-state index contributed by atoms with van der Waals surface area (Å²) in [5.74, 6) is -0.890. The zero-order chi connectivity index (χ0) is 13.2. The molecule has 0 bridgehead atoms. The minimum Gasteiger partial charge on any atom is -0.378 e. The zero-order valence-corrected chi connectivity index (χ0v) is 10.6. The van der Waals surface area contributed by atoms with E-state index in [2.05, 4.69) is 5.32 Å². The number of fused-ring (bicyclic) bond motifs is 1. The highest BCUT2D eigenvalue weighted by Crippen LogP contribution is 2.26. The van der Waals surface area contributed by atoms with Crippen molar-refractivity contribution in [2.75, 3.05) is 31.6 Å². The molecule has 2 heterocycles. The molecule has 2 aliphatic rings. The van der Waals surface area contributed by atoms with Gasteiger partial charge in [0.2, 0.25) is 11.8 Å². The Balaban J connectivity index is 1.78. The zero-order valence-electron chi connectivity index (χ0n) is 10.6. The molecule has 2 aliphatic heterocycles. The number of anilines is 1. The van der Waals surface area contributed by atoms with Gasteiger partial charge in [0, 0.05) is 18.8 Å². The molecule has 1 fully saturated rings. The number of carbonyl (C=O) groups excluding carboxylic acids is 2. The minimum absolute atomic E-state index is 0.0877. The molecule has 100 valence electrons. The summed E-state index contributed by atoms with van der Waals surface area (Å²) in [6.45, 7) is 2.25. The van der Waals surface area contributed by atoms with Crippen LogP contribution >= 0.6 is 0 Å². The van der Waals surface area contributed by atoms with Gasteiger partial charge in [0.25, 0.3) is 0 Å². The highest BCUT2D eigenvalue weighted by Gasteiger charge is 2.35. The number of rotatable bonds is 1. The quantitative estimate of drug-likeness (QED) is 0.754. The van der Waals surface area contributed by atoms with Gasteiger partial charge < -0.3 is 15.0 Å². The molecular formula is C14H16N2O3. The fourth-order valence-electron chi connectivity index (χ4n) is 2.56. The lowest BCUT2D eigenvalue weighted by molar-refractivity contribution is -0.143. The molecule has 1 unspecified atom stereocenters. The van der Waals surface area contributed by atoms with E-state index >= 15 is 0 Å². The number of morpholine rings is 1. The molecule has 0 aromatic heterocycles. The number of para-hydroxylation sites is 1. The van der Waals surface area contributed by atoms with Crippen LogP contribution in [0.2, 0.25) is 0 Å². The van der Waals surface area contributed by atoms with Crippen LogP contribution in [-0.2, 0) is 20.7 Å². The van der Waals surface area contributed by atoms with Gasteiger partial charge in [-0.2, -0.15) is 0 Å². The van der Waals surface area contributed by atoms with Gasteiger partial charge >= 0.3 is 0 Å². The van der Waals surface area contributed by atoms with Gasteiger partial charge in [-0.15, -0.1) is 0 Å². The van der Waals surface area contributed by atoms with E-state index in [9.17, 15) is 9.59 Å². The van der Waals surface area contributed by atoms with E-state index in [1.165, 1.54) is 0 Å². The summed E-state index contributed by atoms with van der Waals surface area (Å²) in [7, 11) is 0. The summed E-state index contributed by atoms with van der Waals surface area (Å²) in [6.07, 6.45) is 0.484. The second-order valence-corrected chi connectivity index (χ2v) is 4.84. The number of hydrogen-bond donors (Lipinski definition) is 1. The molecule has 19 heavy (non-hydrogen) atoms. The van der Waals surface area contributed by atoms with Gasteiger partial charge in [0.15, 0.2) is 0 Å². The fraction of sp³-hybridized carbons (Fsp3) is 0.429. The highest BCUT2D eigenvalue weighted by atomic mass is 16.5. The Hall–Kier alpha value is -1.88. The lowest BCUT2D eigenvalue weighted by Gasteiger charge is -2.32. The Kier molecular flexibility index (Phi) is 3.21. The standard InChI is InChI=1S/C14H16N2O3/c17-13-11(14(18)16-5-7-19-8-6-16)9-10-3-1-2-4-12(10)15-13/h1-4,11H,5-9H2,(H,15,17). The number of amides is 2. The number of nitrogens with zero attached hydrogens (tertiary/aromatic N) is 1. The van der Waals surface area contributed by atoms with Crippen molar-refractivity contribution in [2.45, 2.75) is 6.42 Å². The first-order valence-electron chi connectivity index (χ1n) is 6.51. The summed E-state index contributed by atoms with van der Waals surface area (Å²) < 4.78 is 5.23. The van der Waals surface area contributed by atoms with Crippen molar-refractivity contribution in [3.05, 3.63) is 29.8 Å². The van der Waals surface area contributed by atoms with Crippen LogP contribution in [0, 0.1) is 5.92 Å². The Morgan fingerprint density at radius 1 is 1.26 bits per heavy atom. The summed E-state index contributed by atoms with van der Waals surface area (Å²) in [6, 6.07) is 7.62. The van der Waals surface area contributed by atoms with E-state index in [0.29, 0.717) is 32.7 Å². The van der Waals surface area contributed by atoms with Crippen LogP contribution < -0.4 is 5.32 Å². The van der Waals surface area contributed by atoms with Crippen molar-refractivity contribution in [2.24, 2.45) is 5.92 Å². The molecule has 2 amide bonds. The van der Waals surface area contributed by atoms with Crippen LogP contribution in [0.15, 0.2) is 24.3 Å². The Labute approximate surface area is 111 Å². The smallest absolute Gasteiger partial charge is 0.237 e. The van der Waals surface area contributed by atoms with E-state index in [1.807, 2.05) is 24.3 Å². The van der Waals surface area contributed by atoms with Gasteiger partial charge in [0.1, 0.15) is 5.92 Å². The minimum atomic E-state index is -0.604. The molecule has 5 heteroatoms. The molecule has 1 aromatic rings. The third-order valence-corrected chi connectivity index (χ3v) is 3.64. The van der Waals surface area contributed by atoms with Crippen LogP contribution in [0.25, 0.3) is 0 Å². The number of hydrogen-bond acceptors (Lipinski definition) is 3. The van der Waals surface area contributed by atoms with Gasteiger partial charge in [-0.25, -0.2) is 0 Å². The average Bonchev–Trinajstić information content (AvgIpc) is 2.47. The number of ether oxygens (including phenoxy) is 1. The van der Waals surface area contributed by atoms with Crippen molar-refractivity contribution < 1.29 is 14.3 Å². The van der Waals surface area contributed by atoms with E-state index in [0.717, 1.165) is 11.3 Å². The first kappa shape index (κ1) is 12.2. The highest BCUT2D eigenvalue weighted by molar-refractivity contribution is 6.08. The lowest BCUT2D eigenvalue weighted by atomic mass is 9.92. The molecule has 1 aromatic carbocycles. The summed E-state index contributed by atoms with van der Waals surface area (Å²) in [5, 5.41) is 2.81. The SMILES string of the molecule is O=C1Nc2ccccc2CC1C(=O)N1CCOCC1. The maximum atomic E-state index is 12.4. The van der Waals surface area contributed by atoms with Crippen LogP contribution in [0.5, 0.6) is 0 Å². The summed E-state index contributed by atoms with van der Waals surface area (Å²) >= 11 is 0. The van der Waals surface area contributed by atoms with Crippen molar-refractivity contribution >= 4 is 17.5 Å². The molecule has 1 N–H and O–H groups in total. The second-order valence-electron chi connectivity index (χ2n) is 4.84. The van der Waals surface area contributed by atoms with Crippen LogP contribution in [0.1, 0.15) is 5.56 Å². The maximum Gasteiger partial charge on any atom is 0.237 e. The molecule has 0 aliphatic carbocycles. The number of carbonyl (C=O) groups is 2. The predicted octanol–water partition coefficient (Wildman–Crippen LogP) is 0.656. The van der Waals surface area contributed by atoms with Crippen LogP contribution in [-0.4, -0.2) is 43.0 Å². The number of benzene rings is 1. The number of nitrogens with one attached hydrogen (secondary N) is 1. The van der Waals surface area contributed by atoms with Crippen molar-refractivity contribution in [3.63, 3.8) is 0 Å². The third-order valence-electron chi connectivity index (χ3n) is 3.64. The van der Waals surface area contributed by atoms with Gasteiger partial charge in [-0.3, -0.25) is 9.59 Å². The van der Waals surface area contributed by atoms with Crippen molar-refractivity contribution in [1.82, 2.24) is 4.90 Å². The summed E-state index contributed by atoms with van der Waals surface area (Å²) in [4.78, 5) is 26.2. The Morgan fingerprint density at radius 2 is 2.00 bits per heavy atom. The predicted molar refractivity (Wildman–Crippen MR) is 69.7 cm³/mol. The molecule has 0 spiro atoms. The van der Waals surface area contributed by atoms with E-state index in [1.54, 1.807) is 4.90 Å². The molecule has 5 nitrogen and oxygen atoms in total. The van der Waals surface area contributed by atoms with Crippen molar-refractivity contribution in [3.8, 4) is 0 Å². The average molecular weight is 260 g/mol. The first-order chi connectivity index (χ1) is 9.25. The largest absolute Gasteiger partial charge is 0.378 e. The van der Waals surface area contributed by atoms with E-state index < -0.39 is 5.92 Å². The van der Waals surface area contributed by atoms with Gasteiger partial charge in [-0.05, 0) is 18.1 Å². The molecular weight excluding hydrogens is 244 g/mol. The summed E-state index contributed by atoms with van der Waals surface area (Å²) in [5.41, 5.74) is 1.84. The third kappa shape index (κ3) is 2.33. The van der Waals surface area contributed by atoms with Gasteiger partial charge in [-0.1, -0.05) is 18.2 Å². The Morgan fingerprint density at radius 3 is 2.79 bits per heavy atom. The molecule has 0 saturated carbocycles. The Bertz CT molecular complexity index is 509. The van der Waals surface area contributed by atoms with Crippen molar-refractivity contribution in [1.29, 1.82) is 0 Å². The second kappa shape index (κ2) is 5.01. The molecule has 1 atom stereocenters. The monoisotopic (exact) mass is 260 g/mol. The van der Waals surface area contributed by atoms with Gasteiger partial charge in [0.05, 0.1) is 13.2 Å². The maximum absolute atomic E-state index is 12.4. The normalized spacial score (nSPS) is 22.6.